The zero-order valence-electron chi connectivity index (χ0n) is 12.2. The van der Waals surface area contributed by atoms with Crippen LogP contribution in [-0.2, 0) is 4.79 Å². The number of carbonyl (C=O) groups is 1. The van der Waals surface area contributed by atoms with Gasteiger partial charge in [0, 0.05) is 17.2 Å². The Hall–Kier alpha value is -2.93. The summed E-state index contributed by atoms with van der Waals surface area (Å²) in [7, 11) is 0. The van der Waals surface area contributed by atoms with Gasteiger partial charge < -0.3 is 4.98 Å². The van der Waals surface area contributed by atoms with E-state index < -0.39 is 0 Å². The number of amides is 1. The Balaban J connectivity index is 1.80. The number of thiophene rings is 1. The van der Waals surface area contributed by atoms with Crippen molar-refractivity contribution in [2.24, 2.45) is 4.99 Å². The maximum absolute atomic E-state index is 13.1. The van der Waals surface area contributed by atoms with Crippen molar-refractivity contribution in [3.8, 4) is 10.4 Å². The first-order valence-corrected chi connectivity index (χ1v) is 7.98. The number of nitrogens with one attached hydrogen (secondary N) is 1. The fourth-order valence-corrected chi connectivity index (χ4v) is 3.46. The predicted octanol–water partition coefficient (Wildman–Crippen LogP) is 3.04. The van der Waals surface area contributed by atoms with Crippen LogP contribution in [0, 0.1) is 5.82 Å². The van der Waals surface area contributed by atoms with Gasteiger partial charge in [-0.15, -0.1) is 11.3 Å². The van der Waals surface area contributed by atoms with E-state index >= 15 is 0 Å². The minimum Gasteiger partial charge on any atom is -0.308 e. The van der Waals surface area contributed by atoms with Gasteiger partial charge in [-0.25, -0.2) is 14.4 Å². The van der Waals surface area contributed by atoms with E-state index in [1.54, 1.807) is 24.3 Å². The monoisotopic (exact) mass is 339 g/mol. The summed E-state index contributed by atoms with van der Waals surface area (Å²) in [5.74, 6) is -0.544. The summed E-state index contributed by atoms with van der Waals surface area (Å²) in [4.78, 5) is 35.2. The number of fused-ring (bicyclic) bond motifs is 1. The summed E-state index contributed by atoms with van der Waals surface area (Å²) >= 11 is 1.30. The fourth-order valence-electron chi connectivity index (χ4n) is 2.47. The molecule has 24 heavy (non-hydrogen) atoms. The Morgan fingerprint density at radius 2 is 1.96 bits per heavy atom. The Morgan fingerprint density at radius 1 is 1.17 bits per heavy atom. The SMILES string of the molecule is O=C1C=CC(c2nc3cc(-c4ccc(F)cc4)sc3c(=O)[nH]2)C=N1. The molecule has 0 fully saturated rings. The molecule has 0 aliphatic carbocycles. The van der Waals surface area contributed by atoms with E-state index in [2.05, 4.69) is 15.0 Å². The highest BCUT2D eigenvalue weighted by molar-refractivity contribution is 7.22. The number of hydrogen-bond acceptors (Lipinski definition) is 4. The van der Waals surface area contributed by atoms with Crippen molar-refractivity contribution in [3.63, 3.8) is 0 Å². The Kier molecular flexibility index (Phi) is 3.42. The average Bonchev–Trinajstić information content (AvgIpc) is 3.01. The van der Waals surface area contributed by atoms with Gasteiger partial charge in [-0.2, -0.15) is 0 Å². The third kappa shape index (κ3) is 2.59. The summed E-state index contributed by atoms with van der Waals surface area (Å²) in [6.07, 6.45) is 4.46. The summed E-state index contributed by atoms with van der Waals surface area (Å²) in [6, 6.07) is 7.89. The number of nitrogens with zero attached hydrogens (tertiary/aromatic N) is 2. The number of aromatic amines is 1. The van der Waals surface area contributed by atoms with Crippen molar-refractivity contribution in [2.75, 3.05) is 0 Å². The smallest absolute Gasteiger partial charge is 0.269 e. The van der Waals surface area contributed by atoms with Gasteiger partial charge in [0.15, 0.2) is 0 Å². The van der Waals surface area contributed by atoms with Gasteiger partial charge in [-0.3, -0.25) is 9.59 Å². The summed E-state index contributed by atoms with van der Waals surface area (Å²) in [5.41, 5.74) is 1.15. The van der Waals surface area contributed by atoms with Crippen LogP contribution >= 0.6 is 11.3 Å². The van der Waals surface area contributed by atoms with E-state index in [1.807, 2.05) is 0 Å². The van der Waals surface area contributed by atoms with Crippen LogP contribution in [0.4, 0.5) is 4.39 Å². The van der Waals surface area contributed by atoms with Crippen molar-refractivity contribution in [1.29, 1.82) is 0 Å². The number of dihydropyridines is 1. The number of H-pyrrole nitrogens is 1. The molecule has 1 aliphatic heterocycles. The number of benzene rings is 1. The maximum atomic E-state index is 13.1. The lowest BCUT2D eigenvalue weighted by Gasteiger charge is -2.08. The largest absolute Gasteiger partial charge is 0.308 e. The second-order valence-corrected chi connectivity index (χ2v) is 6.34. The molecule has 3 heterocycles. The number of carbonyl (C=O) groups excluding carboxylic acids is 1. The van der Waals surface area contributed by atoms with Gasteiger partial charge in [-0.1, -0.05) is 18.2 Å². The van der Waals surface area contributed by atoms with E-state index in [0.29, 0.717) is 16.0 Å². The molecule has 118 valence electrons. The van der Waals surface area contributed by atoms with Crippen molar-refractivity contribution >= 4 is 33.7 Å². The fraction of sp³-hybridized carbons (Fsp3) is 0.0588. The predicted molar refractivity (Wildman–Crippen MR) is 91.0 cm³/mol. The molecule has 3 aromatic rings. The van der Waals surface area contributed by atoms with E-state index in [-0.39, 0.29) is 23.2 Å². The Bertz CT molecular complexity index is 1050. The number of aliphatic imine (C=N–C) groups is 1. The molecule has 0 saturated carbocycles. The molecule has 4 rings (SSSR count). The van der Waals surface area contributed by atoms with Crippen LogP contribution in [0.2, 0.25) is 0 Å². The first kappa shape index (κ1) is 14.6. The van der Waals surface area contributed by atoms with Gasteiger partial charge in [0.2, 0.25) is 0 Å². The molecule has 0 saturated heterocycles. The number of halogens is 1. The molecule has 1 atom stereocenters. The van der Waals surface area contributed by atoms with Gasteiger partial charge in [0.1, 0.15) is 16.3 Å². The van der Waals surface area contributed by atoms with E-state index in [1.165, 1.54) is 35.8 Å². The second kappa shape index (κ2) is 5.61. The lowest BCUT2D eigenvalue weighted by atomic mass is 10.1. The first-order valence-electron chi connectivity index (χ1n) is 7.16. The molecule has 0 spiro atoms. The van der Waals surface area contributed by atoms with Crippen LogP contribution < -0.4 is 5.56 Å². The van der Waals surface area contributed by atoms with E-state index in [9.17, 15) is 14.0 Å². The quantitative estimate of drug-likeness (QED) is 0.780. The lowest BCUT2D eigenvalue weighted by Crippen LogP contribution is -2.15. The molecule has 0 bridgehead atoms. The lowest BCUT2D eigenvalue weighted by molar-refractivity contribution is -0.113. The second-order valence-electron chi connectivity index (χ2n) is 5.28. The van der Waals surface area contributed by atoms with E-state index in [4.69, 9.17) is 0 Å². The molecule has 1 N–H and O–H groups in total. The normalized spacial score (nSPS) is 16.9. The van der Waals surface area contributed by atoms with Crippen LogP contribution in [0.3, 0.4) is 0 Å². The number of hydrogen-bond donors (Lipinski definition) is 1. The van der Waals surface area contributed by atoms with Crippen molar-refractivity contribution in [3.05, 3.63) is 64.5 Å². The van der Waals surface area contributed by atoms with E-state index in [0.717, 1.165) is 10.4 Å². The van der Waals surface area contributed by atoms with Crippen LogP contribution in [0.15, 0.2) is 52.3 Å². The highest BCUT2D eigenvalue weighted by atomic mass is 32.1. The minimum atomic E-state index is -0.339. The molecule has 0 radical (unpaired) electrons. The summed E-state index contributed by atoms with van der Waals surface area (Å²) in [5, 5.41) is 0. The highest BCUT2D eigenvalue weighted by Crippen LogP contribution is 2.31. The topological polar surface area (TPSA) is 75.2 Å². The van der Waals surface area contributed by atoms with Gasteiger partial charge in [0.05, 0.1) is 11.4 Å². The van der Waals surface area contributed by atoms with Crippen LogP contribution in [0.5, 0.6) is 0 Å². The molecular formula is C17H10FN3O2S. The molecule has 1 aliphatic rings. The van der Waals surface area contributed by atoms with Crippen LogP contribution in [0.25, 0.3) is 20.7 Å². The minimum absolute atomic E-state index is 0.243. The van der Waals surface area contributed by atoms with Crippen molar-refractivity contribution in [1.82, 2.24) is 9.97 Å². The standard InChI is InChI=1S/C17H10FN3O2S/c18-11-4-1-9(2-5-11)13-7-12-15(24-13)17(23)21-16(20-12)10-3-6-14(22)19-8-10/h1-8,10H,(H,20,21,23). The molecule has 1 aromatic carbocycles. The summed E-state index contributed by atoms with van der Waals surface area (Å²) < 4.78 is 13.6. The summed E-state index contributed by atoms with van der Waals surface area (Å²) in [6.45, 7) is 0. The van der Waals surface area contributed by atoms with Gasteiger partial charge in [0.25, 0.3) is 11.5 Å². The third-order valence-corrected chi connectivity index (χ3v) is 4.83. The highest BCUT2D eigenvalue weighted by Gasteiger charge is 2.16. The van der Waals surface area contributed by atoms with Gasteiger partial charge >= 0.3 is 0 Å². The van der Waals surface area contributed by atoms with Crippen LogP contribution in [0.1, 0.15) is 11.7 Å². The van der Waals surface area contributed by atoms with Gasteiger partial charge in [-0.05, 0) is 23.8 Å². The Morgan fingerprint density at radius 3 is 2.67 bits per heavy atom. The molecule has 1 amide bonds. The zero-order valence-corrected chi connectivity index (χ0v) is 13.0. The molecular weight excluding hydrogens is 329 g/mol. The maximum Gasteiger partial charge on any atom is 0.269 e. The average molecular weight is 339 g/mol. The number of rotatable bonds is 2. The van der Waals surface area contributed by atoms with Crippen molar-refractivity contribution in [2.45, 2.75) is 5.92 Å². The number of allylic oxidation sites excluding steroid dienone is 1. The zero-order chi connectivity index (χ0) is 16.7. The Labute approximate surface area is 139 Å². The van der Waals surface area contributed by atoms with Crippen molar-refractivity contribution < 1.29 is 9.18 Å². The molecule has 5 nitrogen and oxygen atoms in total. The molecule has 2 aromatic heterocycles. The third-order valence-electron chi connectivity index (χ3n) is 3.65. The first-order chi connectivity index (χ1) is 11.6. The molecule has 1 unspecified atom stereocenters. The van der Waals surface area contributed by atoms with Crippen LogP contribution in [-0.4, -0.2) is 22.1 Å². The molecule has 7 heteroatoms. The number of aromatic nitrogens is 2.